The van der Waals surface area contributed by atoms with Crippen LogP contribution in [0.1, 0.15) is 6.92 Å². The second-order valence-electron chi connectivity index (χ2n) is 1.75. The van der Waals surface area contributed by atoms with Crippen molar-refractivity contribution in [1.29, 1.82) is 0 Å². The van der Waals surface area contributed by atoms with E-state index < -0.39 is 12.1 Å². The van der Waals surface area contributed by atoms with E-state index in [-0.39, 0.29) is 4.94 Å². The summed E-state index contributed by atoms with van der Waals surface area (Å²) in [5.41, 5.74) is 4.43. The maximum atomic E-state index is 9.37. The highest BCUT2D eigenvalue weighted by Crippen LogP contribution is 2.71. The van der Waals surface area contributed by atoms with Gasteiger partial charge in [0.15, 0.2) is 0 Å². The summed E-state index contributed by atoms with van der Waals surface area (Å²) in [7, 11) is 13.4. The third-order valence-electron chi connectivity index (χ3n) is 0.408. The average molecular weight is 583 g/mol. The summed E-state index contributed by atoms with van der Waals surface area (Å²) in [5.74, 6) is -0.833. The van der Waals surface area contributed by atoms with Gasteiger partial charge in [-0.2, -0.15) is 0 Å². The first kappa shape index (κ1) is 30.4. The van der Waals surface area contributed by atoms with Crippen LogP contribution < -0.4 is 5.73 Å². The highest BCUT2D eigenvalue weighted by molar-refractivity contribution is 14.2. The number of ether oxygens (including phenoxy) is 1. The van der Waals surface area contributed by atoms with Gasteiger partial charge < -0.3 is 15.6 Å². The molecule has 0 bridgehead atoms. The van der Waals surface area contributed by atoms with Crippen LogP contribution >= 0.6 is 52.8 Å². The van der Waals surface area contributed by atoms with Crippen molar-refractivity contribution >= 4 is 123 Å². The quantitative estimate of drug-likeness (QED) is 0.365. The number of halogens is 1. The molecule has 0 saturated carbocycles. The fourth-order valence-electron chi connectivity index (χ4n) is 0.0227. The van der Waals surface area contributed by atoms with Crippen LogP contribution in [0, 0.1) is 0 Å². The summed E-state index contributed by atoms with van der Waals surface area (Å²) in [6, 6.07) is 0. The number of carbonyl (C=O) groups excluding carboxylic acids is 1. The largest absolute Gasteiger partial charge is 0.481 e. The highest BCUT2D eigenvalue weighted by atomic mass is 127. The minimum Gasteiger partial charge on any atom is -0.481 e. The van der Waals surface area contributed by atoms with Gasteiger partial charge in [-0.25, -0.2) is 4.79 Å². The van der Waals surface area contributed by atoms with Gasteiger partial charge in [-0.05, 0) is 22.0 Å². The number of primary amides is 1. The van der Waals surface area contributed by atoms with Crippen LogP contribution in [0.2, 0.25) is 0 Å². The minimum absolute atomic E-state index is 0.279. The molecule has 0 aliphatic heterocycles. The average Bonchev–Trinajstić information content (AvgIpc) is 2.37. The maximum Gasteiger partial charge on any atom is 0.404 e. The topological polar surface area (TPSA) is 89.6 Å². The second-order valence-corrected chi connectivity index (χ2v) is 26.4. The van der Waals surface area contributed by atoms with Crippen LogP contribution in [0.5, 0.6) is 0 Å². The van der Waals surface area contributed by atoms with Crippen molar-refractivity contribution in [2.75, 3.05) is 7.11 Å². The summed E-state index contributed by atoms with van der Waals surface area (Å²) < 4.78 is 3.89. The third kappa shape index (κ3) is 86.3. The molecule has 0 aromatic rings. The molecule has 0 aliphatic carbocycles. The summed E-state index contributed by atoms with van der Waals surface area (Å²) >= 11 is 11.5. The van der Waals surface area contributed by atoms with Gasteiger partial charge in [0, 0.05) is 69.8 Å². The molecule has 0 aromatic heterocycles. The molecule has 0 spiro atoms. The van der Waals surface area contributed by atoms with Crippen molar-refractivity contribution < 1.29 is 19.4 Å². The lowest BCUT2D eigenvalue weighted by atomic mass is 10.9. The van der Waals surface area contributed by atoms with Crippen LogP contribution in [0.4, 0.5) is 4.79 Å². The molecule has 3 N–H and O–H groups in total. The van der Waals surface area contributed by atoms with Crippen molar-refractivity contribution in [3.05, 3.63) is 0 Å². The zero-order valence-electron chi connectivity index (χ0n) is 10.2. The van der Waals surface area contributed by atoms with E-state index in [0.29, 0.717) is 0 Å². The Balaban J connectivity index is -0.0000000862. The summed E-state index contributed by atoms with van der Waals surface area (Å²) in [6.45, 7) is 1.08. The predicted molar refractivity (Wildman–Crippen MR) is 123 cm³/mol. The molecule has 122 valence electrons. The van der Waals surface area contributed by atoms with Crippen molar-refractivity contribution in [3.8, 4) is 0 Å². The third-order valence-corrected chi connectivity index (χ3v) is 21.8. The fraction of sp³-hybridized carbons (Fsp3) is 0.500. The van der Waals surface area contributed by atoms with E-state index in [2.05, 4.69) is 72.7 Å². The Morgan fingerprint density at radius 3 is 1.65 bits per heavy atom. The molecule has 4 atom stereocenters. The number of hydrogen-bond donors (Lipinski definition) is 2. The molecule has 0 saturated heterocycles. The monoisotopic (exact) mass is 583 g/mol. The van der Waals surface area contributed by atoms with Crippen molar-refractivity contribution in [2.45, 2.75) is 6.92 Å². The van der Waals surface area contributed by atoms with E-state index in [4.69, 9.17) is 9.90 Å². The van der Waals surface area contributed by atoms with Crippen LogP contribution in [0.25, 0.3) is 0 Å². The van der Waals surface area contributed by atoms with E-state index in [1.807, 2.05) is 0 Å². The maximum absolute atomic E-state index is 9.37. The van der Waals surface area contributed by atoms with E-state index in [0.717, 1.165) is 14.9 Å². The molecule has 0 fully saturated rings. The second kappa shape index (κ2) is 29.5. The van der Waals surface area contributed by atoms with Gasteiger partial charge in [0.25, 0.3) is 5.97 Å². The van der Waals surface area contributed by atoms with Gasteiger partial charge in [0.2, 0.25) is 0 Å². The smallest absolute Gasteiger partial charge is 0.404 e. The number of carbonyl (C=O) groups is 2. The lowest BCUT2D eigenvalue weighted by Gasteiger charge is -1.89. The van der Waals surface area contributed by atoms with Gasteiger partial charge in [-0.1, -0.05) is 16.9 Å². The molecule has 0 radical (unpaired) electrons. The molecule has 0 rings (SSSR count). The highest BCUT2D eigenvalue weighted by Gasteiger charge is 1.81. The molecule has 0 aromatic carbocycles. The number of methoxy groups -OCH3 is 1. The zero-order valence-corrected chi connectivity index (χ0v) is 21.4. The first-order valence-electron chi connectivity index (χ1n) is 3.81. The molecule has 20 heavy (non-hydrogen) atoms. The Bertz CT molecular complexity index is 380. The first-order chi connectivity index (χ1) is 9.19. The molecule has 5 nitrogen and oxygen atoms in total. The Morgan fingerprint density at radius 1 is 1.40 bits per heavy atom. The summed E-state index contributed by atoms with van der Waals surface area (Å²) in [6.07, 6.45) is -0.745. The SMILES string of the molecule is CC(=O)O.COC(N)=O.PPP(P)I.S=S=S=S=S=S. The van der Waals surface area contributed by atoms with Crippen molar-refractivity contribution in [2.24, 2.45) is 5.73 Å². The van der Waals surface area contributed by atoms with E-state index in [1.54, 1.807) is 0 Å². The molecule has 16 heteroatoms. The van der Waals surface area contributed by atoms with Gasteiger partial charge in [0.05, 0.1) is 7.11 Å². The molecule has 1 amide bonds. The number of carboxylic acids is 1. The van der Waals surface area contributed by atoms with Gasteiger partial charge >= 0.3 is 6.09 Å². The van der Waals surface area contributed by atoms with Crippen molar-refractivity contribution in [3.63, 3.8) is 0 Å². The van der Waals surface area contributed by atoms with Crippen LogP contribution in [-0.4, -0.2) is 24.3 Å². The first-order valence-corrected chi connectivity index (χ1v) is 19.9. The normalized spacial score (nSPS) is 9.05. The molecule has 4 unspecified atom stereocenters. The van der Waals surface area contributed by atoms with Crippen LogP contribution in [-0.2, 0) is 67.4 Å². The molecule has 0 heterocycles. The lowest BCUT2D eigenvalue weighted by molar-refractivity contribution is -0.134. The number of aliphatic carboxylic acids is 1. The standard InChI is InChI=1S/C2H5NO2.C2H4O2.H5IP4.S6/c1-5-2(3)4;1-2(3)4;1-5(3)4-2;1-3-5-6-4-2/h1H3,(H2,3,4);1H3,(H,3,4);4H,2-3H2;. The molecular formula is C4H14INO4P4S6. The lowest BCUT2D eigenvalue weighted by Crippen LogP contribution is -2.08. The van der Waals surface area contributed by atoms with E-state index in [9.17, 15) is 4.79 Å². The van der Waals surface area contributed by atoms with E-state index in [1.165, 1.54) is 42.6 Å². The number of rotatable bonds is 1. The van der Waals surface area contributed by atoms with Gasteiger partial charge in [0.1, 0.15) is 0 Å². The number of hydrogen-bond acceptors (Lipinski definition) is 5. The Labute approximate surface area is 160 Å². The zero-order chi connectivity index (χ0) is 17.0. The number of amides is 1. The number of carboxylic acid groups (broad SMARTS) is 1. The van der Waals surface area contributed by atoms with Gasteiger partial charge in [-0.3, -0.25) is 4.79 Å². The molecule has 0 aliphatic rings. The Kier molecular flexibility index (Phi) is 44.9. The van der Waals surface area contributed by atoms with E-state index >= 15 is 0 Å². The van der Waals surface area contributed by atoms with Crippen LogP contribution in [0.15, 0.2) is 0 Å². The Morgan fingerprint density at radius 2 is 1.60 bits per heavy atom. The summed E-state index contributed by atoms with van der Waals surface area (Å²) in [4.78, 5) is 18.6. The van der Waals surface area contributed by atoms with Crippen LogP contribution in [0.3, 0.4) is 0 Å². The van der Waals surface area contributed by atoms with Gasteiger partial charge in [-0.15, -0.1) is 8.93 Å². The predicted octanol–water partition coefficient (Wildman–Crippen LogP) is 2.78. The number of nitrogens with two attached hydrogens (primary N) is 1. The molecular weight excluding hydrogens is 569 g/mol. The minimum atomic E-state index is -0.833. The fourth-order valence-corrected chi connectivity index (χ4v) is 5.51. The summed E-state index contributed by atoms with van der Waals surface area (Å²) in [5, 5.41) is 7.42. The van der Waals surface area contributed by atoms with Crippen molar-refractivity contribution in [1.82, 2.24) is 0 Å². The Hall–Kier alpha value is 2.51.